The maximum Gasteiger partial charge on any atom is 0.325 e. The second kappa shape index (κ2) is 8.11. The molecule has 0 aliphatic rings. The lowest BCUT2D eigenvalue weighted by molar-refractivity contribution is -0.139. The fourth-order valence-electron chi connectivity index (χ4n) is 3.65. The second-order valence-electron chi connectivity index (χ2n) is 6.88. The van der Waals surface area contributed by atoms with Crippen molar-refractivity contribution in [2.24, 2.45) is 0 Å². The summed E-state index contributed by atoms with van der Waals surface area (Å²) in [6.07, 6.45) is 2.68. The van der Waals surface area contributed by atoms with Gasteiger partial charge in [0.05, 0.1) is 0 Å². The zero-order valence-corrected chi connectivity index (χ0v) is 15.4. The van der Waals surface area contributed by atoms with Gasteiger partial charge in [-0.05, 0) is 29.2 Å². The molecule has 0 fully saturated rings. The molecule has 0 aliphatic heterocycles. The molecule has 3 N–H and O–H groups in total. The number of H-pyrrole nitrogens is 1. The predicted molar refractivity (Wildman–Crippen MR) is 111 cm³/mol. The van der Waals surface area contributed by atoms with E-state index in [2.05, 4.69) is 28.5 Å². The number of para-hydroxylation sites is 1. The largest absolute Gasteiger partial charge is 0.480 e. The molecule has 28 heavy (non-hydrogen) atoms. The SMILES string of the molecule is O=C(O)[C@@H](NC(Cc1ccccc1)c1c[nH]c2ccccc12)c1ccccc1. The monoisotopic (exact) mass is 370 g/mol. The molecule has 0 aliphatic carbocycles. The minimum atomic E-state index is -0.885. The lowest BCUT2D eigenvalue weighted by Gasteiger charge is -2.24. The van der Waals surface area contributed by atoms with Gasteiger partial charge in [0.15, 0.2) is 0 Å². The number of rotatable bonds is 7. The second-order valence-corrected chi connectivity index (χ2v) is 6.88. The minimum absolute atomic E-state index is 0.153. The van der Waals surface area contributed by atoms with E-state index in [1.54, 1.807) is 0 Å². The van der Waals surface area contributed by atoms with Gasteiger partial charge in [-0.2, -0.15) is 0 Å². The van der Waals surface area contributed by atoms with Crippen LogP contribution in [0.5, 0.6) is 0 Å². The number of aromatic nitrogens is 1. The molecule has 0 bridgehead atoms. The van der Waals surface area contributed by atoms with Crippen LogP contribution in [0.1, 0.15) is 28.8 Å². The van der Waals surface area contributed by atoms with Gasteiger partial charge in [-0.25, -0.2) is 0 Å². The molecule has 0 saturated heterocycles. The molecule has 4 aromatic rings. The molecule has 1 aromatic heterocycles. The number of aliphatic carboxylic acids is 1. The Morgan fingerprint density at radius 2 is 1.54 bits per heavy atom. The lowest BCUT2D eigenvalue weighted by Crippen LogP contribution is -2.33. The third kappa shape index (κ3) is 3.82. The number of carboxylic acid groups (broad SMARTS) is 1. The number of hydrogen-bond acceptors (Lipinski definition) is 2. The zero-order chi connectivity index (χ0) is 19.3. The van der Waals surface area contributed by atoms with Crippen LogP contribution in [-0.4, -0.2) is 16.1 Å². The highest BCUT2D eigenvalue weighted by Crippen LogP contribution is 2.29. The highest BCUT2D eigenvalue weighted by molar-refractivity contribution is 5.84. The smallest absolute Gasteiger partial charge is 0.325 e. The van der Waals surface area contributed by atoms with Crippen molar-refractivity contribution >= 4 is 16.9 Å². The van der Waals surface area contributed by atoms with Gasteiger partial charge in [-0.3, -0.25) is 10.1 Å². The quantitative estimate of drug-likeness (QED) is 0.435. The van der Waals surface area contributed by atoms with E-state index >= 15 is 0 Å². The first kappa shape index (κ1) is 18.0. The van der Waals surface area contributed by atoms with Crippen molar-refractivity contribution in [3.05, 3.63) is 108 Å². The molecular formula is C24H22N2O2. The first-order chi connectivity index (χ1) is 13.7. The summed E-state index contributed by atoms with van der Waals surface area (Å²) in [6.45, 7) is 0. The van der Waals surface area contributed by atoms with Crippen molar-refractivity contribution < 1.29 is 9.90 Å². The van der Waals surface area contributed by atoms with Gasteiger partial charge >= 0.3 is 5.97 Å². The summed E-state index contributed by atoms with van der Waals surface area (Å²) >= 11 is 0. The summed E-state index contributed by atoms with van der Waals surface area (Å²) in [6, 6.07) is 26.6. The Kier molecular flexibility index (Phi) is 5.22. The van der Waals surface area contributed by atoms with E-state index in [1.165, 1.54) is 0 Å². The minimum Gasteiger partial charge on any atom is -0.480 e. The van der Waals surface area contributed by atoms with E-state index in [0.717, 1.165) is 27.6 Å². The van der Waals surface area contributed by atoms with E-state index in [1.807, 2.05) is 72.9 Å². The molecule has 0 amide bonds. The number of nitrogens with one attached hydrogen (secondary N) is 2. The van der Waals surface area contributed by atoms with Crippen LogP contribution in [0, 0.1) is 0 Å². The van der Waals surface area contributed by atoms with Gasteiger partial charge in [-0.1, -0.05) is 78.9 Å². The highest BCUT2D eigenvalue weighted by atomic mass is 16.4. The molecular weight excluding hydrogens is 348 g/mol. The van der Waals surface area contributed by atoms with Crippen molar-refractivity contribution in [2.75, 3.05) is 0 Å². The Bertz CT molecular complexity index is 1060. The summed E-state index contributed by atoms with van der Waals surface area (Å²) in [7, 11) is 0. The van der Waals surface area contributed by atoms with Crippen molar-refractivity contribution in [1.82, 2.24) is 10.3 Å². The number of carbonyl (C=O) groups is 1. The van der Waals surface area contributed by atoms with Crippen LogP contribution in [0.2, 0.25) is 0 Å². The van der Waals surface area contributed by atoms with Gasteiger partial charge < -0.3 is 10.1 Å². The van der Waals surface area contributed by atoms with Crippen molar-refractivity contribution in [3.8, 4) is 0 Å². The van der Waals surface area contributed by atoms with Crippen LogP contribution in [-0.2, 0) is 11.2 Å². The van der Waals surface area contributed by atoms with E-state index in [4.69, 9.17) is 0 Å². The average Bonchev–Trinajstić information content (AvgIpc) is 3.16. The van der Waals surface area contributed by atoms with Crippen LogP contribution >= 0.6 is 0 Å². The Balaban J connectivity index is 1.73. The Labute approximate surface area is 163 Å². The van der Waals surface area contributed by atoms with Gasteiger partial charge in [0.2, 0.25) is 0 Å². The third-order valence-corrected chi connectivity index (χ3v) is 5.03. The van der Waals surface area contributed by atoms with Gasteiger partial charge in [-0.15, -0.1) is 0 Å². The van der Waals surface area contributed by atoms with Gasteiger partial charge in [0.25, 0.3) is 0 Å². The van der Waals surface area contributed by atoms with Crippen molar-refractivity contribution in [2.45, 2.75) is 18.5 Å². The van der Waals surface area contributed by atoms with E-state index in [0.29, 0.717) is 6.42 Å². The lowest BCUT2D eigenvalue weighted by atomic mass is 9.96. The highest BCUT2D eigenvalue weighted by Gasteiger charge is 2.25. The molecule has 1 heterocycles. The summed E-state index contributed by atoms with van der Waals surface area (Å²) in [5, 5.41) is 14.4. The van der Waals surface area contributed by atoms with Crippen molar-refractivity contribution in [3.63, 3.8) is 0 Å². The van der Waals surface area contributed by atoms with E-state index < -0.39 is 12.0 Å². The average molecular weight is 370 g/mol. The fraction of sp³-hybridized carbons (Fsp3) is 0.125. The standard InChI is InChI=1S/C24H22N2O2/c27-24(28)23(18-11-5-2-6-12-18)26-22(15-17-9-3-1-4-10-17)20-16-25-21-14-8-7-13-19(20)21/h1-14,16,22-23,25-26H,15H2,(H,27,28)/t22?,23-/m0/s1. The summed E-state index contributed by atoms with van der Waals surface area (Å²) in [5.74, 6) is -0.885. The number of fused-ring (bicyclic) bond motifs is 1. The Hall–Kier alpha value is -3.37. The summed E-state index contributed by atoms with van der Waals surface area (Å²) in [5.41, 5.74) is 4.01. The van der Waals surface area contributed by atoms with E-state index in [-0.39, 0.29) is 6.04 Å². The van der Waals surface area contributed by atoms with Crippen LogP contribution < -0.4 is 5.32 Å². The molecule has 140 valence electrons. The topological polar surface area (TPSA) is 65.1 Å². The first-order valence-electron chi connectivity index (χ1n) is 9.36. The Morgan fingerprint density at radius 1 is 0.893 bits per heavy atom. The van der Waals surface area contributed by atoms with Crippen molar-refractivity contribution in [1.29, 1.82) is 0 Å². The van der Waals surface area contributed by atoms with Crippen LogP contribution in [0.4, 0.5) is 0 Å². The molecule has 0 saturated carbocycles. The molecule has 0 spiro atoms. The Morgan fingerprint density at radius 3 is 2.25 bits per heavy atom. The number of benzene rings is 3. The van der Waals surface area contributed by atoms with Crippen LogP contribution in [0.15, 0.2) is 91.1 Å². The third-order valence-electron chi connectivity index (χ3n) is 5.03. The first-order valence-corrected chi connectivity index (χ1v) is 9.36. The molecule has 3 aromatic carbocycles. The normalized spacial score (nSPS) is 13.3. The zero-order valence-electron chi connectivity index (χ0n) is 15.4. The van der Waals surface area contributed by atoms with E-state index in [9.17, 15) is 9.90 Å². The molecule has 4 rings (SSSR count). The molecule has 2 atom stereocenters. The number of carboxylic acids is 1. The molecule has 4 nitrogen and oxygen atoms in total. The maximum atomic E-state index is 12.1. The fourth-order valence-corrected chi connectivity index (χ4v) is 3.65. The molecule has 1 unspecified atom stereocenters. The molecule has 4 heteroatoms. The van der Waals surface area contributed by atoms with Crippen LogP contribution in [0.25, 0.3) is 10.9 Å². The van der Waals surface area contributed by atoms with Gasteiger partial charge in [0.1, 0.15) is 6.04 Å². The number of hydrogen-bond donors (Lipinski definition) is 3. The maximum absolute atomic E-state index is 12.1. The van der Waals surface area contributed by atoms with Gasteiger partial charge in [0, 0.05) is 23.1 Å². The number of aromatic amines is 1. The summed E-state index contributed by atoms with van der Waals surface area (Å²) in [4.78, 5) is 15.4. The summed E-state index contributed by atoms with van der Waals surface area (Å²) < 4.78 is 0. The van der Waals surface area contributed by atoms with Crippen LogP contribution in [0.3, 0.4) is 0 Å². The molecule has 0 radical (unpaired) electrons. The predicted octanol–water partition coefficient (Wildman–Crippen LogP) is 4.87.